The molecule has 1 heterocycles. The maximum atomic E-state index is 12.3. The molecule has 1 amide bonds. The number of nitrogens with one attached hydrogen (secondary N) is 2. The third kappa shape index (κ3) is 4.40. The lowest BCUT2D eigenvalue weighted by Crippen LogP contribution is -2.36. The van der Waals surface area contributed by atoms with Gasteiger partial charge < -0.3 is 10.6 Å². The average molecular weight is 399 g/mol. The van der Waals surface area contributed by atoms with Gasteiger partial charge in [-0.2, -0.15) is 0 Å². The molecule has 21 heavy (non-hydrogen) atoms. The molecule has 4 N–H and O–H groups in total. The van der Waals surface area contributed by atoms with Crippen LogP contribution < -0.4 is 15.8 Å². The number of hydrogen-bond acceptors (Lipinski definition) is 4. The lowest BCUT2D eigenvalue weighted by molar-refractivity contribution is 0.0939. The third-order valence-corrected chi connectivity index (χ3v) is 4.77. The molecule has 1 saturated heterocycles. The predicted octanol–water partition coefficient (Wildman–Crippen LogP) is 0.918. The lowest BCUT2D eigenvalue weighted by Gasteiger charge is -2.14. The number of rotatable bonds is 3. The van der Waals surface area contributed by atoms with Crippen LogP contribution in [0.25, 0.3) is 0 Å². The molecule has 1 aliphatic rings. The Balaban J connectivity index is 0.00000220. The highest BCUT2D eigenvalue weighted by Crippen LogP contribution is 2.24. The van der Waals surface area contributed by atoms with E-state index in [1.165, 1.54) is 6.07 Å². The van der Waals surface area contributed by atoms with Crippen LogP contribution in [0.5, 0.6) is 0 Å². The Labute approximate surface area is 138 Å². The standard InChI is InChI=1S/C12H16BrN3O3S.ClH/c1-7-10(12(17)16-9-2-3-15-6-9)4-8(13)5-11(7)20(14,18)19;/h4-5,9,15H,2-3,6H2,1H3,(H,16,17)(H2,14,18,19);1H. The number of carbonyl (C=O) groups excluding carboxylic acids is 1. The van der Waals surface area contributed by atoms with Gasteiger partial charge in [0.1, 0.15) is 0 Å². The van der Waals surface area contributed by atoms with Crippen LogP contribution in [-0.4, -0.2) is 33.5 Å². The molecule has 1 aliphatic heterocycles. The quantitative estimate of drug-likeness (QED) is 0.704. The molecule has 0 aliphatic carbocycles. The van der Waals surface area contributed by atoms with Crippen molar-refractivity contribution in [3.05, 3.63) is 27.7 Å². The van der Waals surface area contributed by atoms with Gasteiger partial charge in [0.05, 0.1) is 4.90 Å². The molecule has 2 rings (SSSR count). The molecule has 1 aromatic carbocycles. The van der Waals surface area contributed by atoms with E-state index in [0.717, 1.165) is 19.5 Å². The fourth-order valence-electron chi connectivity index (χ4n) is 2.23. The fraction of sp³-hybridized carbons (Fsp3) is 0.417. The highest BCUT2D eigenvalue weighted by Gasteiger charge is 2.22. The van der Waals surface area contributed by atoms with Crippen LogP contribution in [0.1, 0.15) is 22.3 Å². The minimum atomic E-state index is -3.86. The van der Waals surface area contributed by atoms with Gasteiger partial charge >= 0.3 is 0 Å². The van der Waals surface area contributed by atoms with Gasteiger partial charge in [-0.1, -0.05) is 15.9 Å². The molecule has 0 radical (unpaired) electrons. The second kappa shape index (κ2) is 7.06. The maximum absolute atomic E-state index is 12.3. The Morgan fingerprint density at radius 2 is 2.14 bits per heavy atom. The van der Waals surface area contributed by atoms with E-state index in [1.807, 2.05) is 0 Å². The molecule has 0 saturated carbocycles. The number of hydrogen-bond donors (Lipinski definition) is 3. The summed E-state index contributed by atoms with van der Waals surface area (Å²) in [5.41, 5.74) is 0.675. The average Bonchev–Trinajstić information content (AvgIpc) is 2.83. The van der Waals surface area contributed by atoms with Gasteiger partial charge in [-0.15, -0.1) is 12.4 Å². The molecule has 0 aromatic heterocycles. The Hall–Kier alpha value is -0.670. The van der Waals surface area contributed by atoms with Crippen molar-refractivity contribution >= 4 is 44.3 Å². The number of halogens is 2. The van der Waals surface area contributed by atoms with Gasteiger partial charge in [0.2, 0.25) is 10.0 Å². The molecule has 0 spiro atoms. The highest BCUT2D eigenvalue weighted by molar-refractivity contribution is 9.10. The molecule has 118 valence electrons. The summed E-state index contributed by atoms with van der Waals surface area (Å²) in [5.74, 6) is -0.289. The molecule has 0 bridgehead atoms. The minimum absolute atomic E-state index is 0. The normalized spacial score (nSPS) is 18.1. The van der Waals surface area contributed by atoms with Crippen molar-refractivity contribution in [3.63, 3.8) is 0 Å². The molecule has 9 heteroatoms. The smallest absolute Gasteiger partial charge is 0.251 e. The van der Waals surface area contributed by atoms with Crippen LogP contribution in [0.15, 0.2) is 21.5 Å². The summed E-state index contributed by atoms with van der Waals surface area (Å²) in [6.45, 7) is 3.17. The number of sulfonamides is 1. The molecule has 1 aromatic rings. The number of amides is 1. The Morgan fingerprint density at radius 1 is 1.48 bits per heavy atom. The first-order valence-corrected chi connectivity index (χ1v) is 8.47. The molecule has 1 fully saturated rings. The third-order valence-electron chi connectivity index (χ3n) is 3.27. The van der Waals surface area contributed by atoms with Crippen molar-refractivity contribution < 1.29 is 13.2 Å². The van der Waals surface area contributed by atoms with Crippen molar-refractivity contribution in [2.45, 2.75) is 24.3 Å². The summed E-state index contributed by atoms with van der Waals surface area (Å²) in [4.78, 5) is 12.2. The van der Waals surface area contributed by atoms with Crippen molar-refractivity contribution in [2.75, 3.05) is 13.1 Å². The lowest BCUT2D eigenvalue weighted by atomic mass is 10.1. The number of nitrogens with two attached hydrogens (primary N) is 1. The van der Waals surface area contributed by atoms with E-state index < -0.39 is 10.0 Å². The summed E-state index contributed by atoms with van der Waals surface area (Å²) in [5, 5.41) is 11.2. The van der Waals surface area contributed by atoms with E-state index in [9.17, 15) is 13.2 Å². The van der Waals surface area contributed by atoms with Crippen LogP contribution in [0, 0.1) is 6.92 Å². The molecule has 6 nitrogen and oxygen atoms in total. The monoisotopic (exact) mass is 397 g/mol. The summed E-state index contributed by atoms with van der Waals surface area (Å²) in [7, 11) is -3.86. The first kappa shape index (κ1) is 18.4. The zero-order chi connectivity index (χ0) is 14.9. The Kier molecular flexibility index (Phi) is 6.18. The molecular formula is C12H17BrClN3O3S. The van der Waals surface area contributed by atoms with Gasteiger partial charge in [-0.25, -0.2) is 13.6 Å². The largest absolute Gasteiger partial charge is 0.348 e. The van der Waals surface area contributed by atoms with Gasteiger partial charge in [0.15, 0.2) is 0 Å². The first-order chi connectivity index (χ1) is 9.29. The van der Waals surface area contributed by atoms with Gasteiger partial charge in [0, 0.05) is 22.6 Å². The number of carbonyl (C=O) groups is 1. The molecule has 1 unspecified atom stereocenters. The van der Waals surface area contributed by atoms with E-state index in [1.54, 1.807) is 13.0 Å². The minimum Gasteiger partial charge on any atom is -0.348 e. The van der Waals surface area contributed by atoms with Crippen molar-refractivity contribution in [3.8, 4) is 0 Å². The highest BCUT2D eigenvalue weighted by atomic mass is 79.9. The Morgan fingerprint density at radius 3 is 2.67 bits per heavy atom. The van der Waals surface area contributed by atoms with Crippen LogP contribution in [-0.2, 0) is 10.0 Å². The Bertz CT molecular complexity index is 645. The van der Waals surface area contributed by atoms with Crippen LogP contribution in [0.4, 0.5) is 0 Å². The predicted molar refractivity (Wildman–Crippen MR) is 86.2 cm³/mol. The SMILES string of the molecule is Cc1c(C(=O)NC2CCNC2)cc(Br)cc1S(N)(=O)=O.Cl. The van der Waals surface area contributed by atoms with Gasteiger partial charge in [-0.3, -0.25) is 4.79 Å². The molecule has 1 atom stereocenters. The van der Waals surface area contributed by atoms with Crippen molar-refractivity contribution in [2.24, 2.45) is 5.14 Å². The van der Waals surface area contributed by atoms with Crippen LogP contribution in [0.3, 0.4) is 0 Å². The van der Waals surface area contributed by atoms with E-state index in [-0.39, 0.29) is 29.3 Å². The van der Waals surface area contributed by atoms with E-state index in [4.69, 9.17) is 5.14 Å². The topological polar surface area (TPSA) is 101 Å². The first-order valence-electron chi connectivity index (χ1n) is 6.13. The summed E-state index contributed by atoms with van der Waals surface area (Å²) >= 11 is 3.21. The van der Waals surface area contributed by atoms with Crippen molar-refractivity contribution in [1.82, 2.24) is 10.6 Å². The van der Waals surface area contributed by atoms with Gasteiger partial charge in [-0.05, 0) is 37.6 Å². The second-order valence-corrected chi connectivity index (χ2v) is 7.23. The summed E-state index contributed by atoms with van der Waals surface area (Å²) in [6, 6.07) is 3.07. The van der Waals surface area contributed by atoms with E-state index in [2.05, 4.69) is 26.6 Å². The number of benzene rings is 1. The fourth-order valence-corrected chi connectivity index (χ4v) is 3.66. The van der Waals surface area contributed by atoms with E-state index in [0.29, 0.717) is 15.6 Å². The van der Waals surface area contributed by atoms with Crippen LogP contribution >= 0.6 is 28.3 Å². The summed E-state index contributed by atoms with van der Waals surface area (Å²) in [6.07, 6.45) is 0.862. The zero-order valence-electron chi connectivity index (χ0n) is 11.3. The van der Waals surface area contributed by atoms with Crippen LogP contribution in [0.2, 0.25) is 0 Å². The van der Waals surface area contributed by atoms with E-state index >= 15 is 0 Å². The zero-order valence-corrected chi connectivity index (χ0v) is 14.6. The maximum Gasteiger partial charge on any atom is 0.251 e. The van der Waals surface area contributed by atoms with Gasteiger partial charge in [0.25, 0.3) is 5.91 Å². The van der Waals surface area contributed by atoms with Crippen molar-refractivity contribution in [1.29, 1.82) is 0 Å². The summed E-state index contributed by atoms with van der Waals surface area (Å²) < 4.78 is 23.6. The molecular weight excluding hydrogens is 382 g/mol. The second-order valence-electron chi connectivity index (χ2n) is 4.78. The number of primary sulfonamides is 1.